The van der Waals surface area contributed by atoms with Gasteiger partial charge < -0.3 is 10.2 Å². The highest BCUT2D eigenvalue weighted by atomic mass is 16.1. The fourth-order valence-electron chi connectivity index (χ4n) is 3.94. The number of carbonyl (C=O) groups is 1. The summed E-state index contributed by atoms with van der Waals surface area (Å²) in [5.41, 5.74) is 4.15. The summed E-state index contributed by atoms with van der Waals surface area (Å²) in [5, 5.41) is 7.45. The Hall–Kier alpha value is -3.15. The fourth-order valence-corrected chi connectivity index (χ4v) is 3.94. The third-order valence-electron chi connectivity index (χ3n) is 5.30. The van der Waals surface area contributed by atoms with Crippen molar-refractivity contribution in [3.8, 4) is 5.82 Å². The van der Waals surface area contributed by atoms with Crippen LogP contribution in [0.15, 0.2) is 54.9 Å². The minimum absolute atomic E-state index is 0.0841. The fraction of sp³-hybridized carbons (Fsp3) is 0.318. The van der Waals surface area contributed by atoms with Gasteiger partial charge in [0, 0.05) is 31.0 Å². The molecule has 1 unspecified atom stereocenters. The average molecular weight is 375 g/mol. The molecule has 28 heavy (non-hydrogen) atoms. The van der Waals surface area contributed by atoms with Crippen LogP contribution in [0.5, 0.6) is 0 Å². The zero-order valence-corrected chi connectivity index (χ0v) is 16.3. The molecule has 4 rings (SSSR count). The lowest BCUT2D eigenvalue weighted by atomic mass is 10.1. The van der Waals surface area contributed by atoms with Crippen molar-refractivity contribution < 1.29 is 4.79 Å². The lowest BCUT2D eigenvalue weighted by Gasteiger charge is -2.25. The third kappa shape index (κ3) is 3.38. The van der Waals surface area contributed by atoms with Gasteiger partial charge in [-0.15, -0.1) is 0 Å². The molecule has 3 aromatic rings. The molecule has 1 aliphatic heterocycles. The maximum absolute atomic E-state index is 12.8. The van der Waals surface area contributed by atoms with Crippen LogP contribution in [0, 0.1) is 0 Å². The summed E-state index contributed by atoms with van der Waals surface area (Å²) in [7, 11) is 0. The van der Waals surface area contributed by atoms with Crippen LogP contribution in [-0.2, 0) is 12.8 Å². The molecule has 1 aromatic carbocycles. The Labute approximate surface area is 165 Å². The molecule has 0 saturated carbocycles. The van der Waals surface area contributed by atoms with E-state index in [0.717, 1.165) is 24.5 Å². The molecule has 1 aliphatic rings. The summed E-state index contributed by atoms with van der Waals surface area (Å²) >= 11 is 0. The first-order valence-electron chi connectivity index (χ1n) is 9.80. The Morgan fingerprint density at radius 3 is 2.82 bits per heavy atom. The summed E-state index contributed by atoms with van der Waals surface area (Å²) < 4.78 is 1.74. The highest BCUT2D eigenvalue weighted by Gasteiger charge is 2.25. The molecule has 6 heteroatoms. The number of aromatic nitrogens is 3. The van der Waals surface area contributed by atoms with Gasteiger partial charge in [-0.25, -0.2) is 9.67 Å². The van der Waals surface area contributed by atoms with Gasteiger partial charge in [0.25, 0.3) is 5.91 Å². The van der Waals surface area contributed by atoms with Crippen molar-refractivity contribution in [3.63, 3.8) is 0 Å². The van der Waals surface area contributed by atoms with E-state index in [-0.39, 0.29) is 5.91 Å². The van der Waals surface area contributed by atoms with E-state index < -0.39 is 0 Å². The highest BCUT2D eigenvalue weighted by Crippen LogP contribution is 2.31. The predicted molar refractivity (Wildman–Crippen MR) is 110 cm³/mol. The minimum atomic E-state index is -0.0841. The molecule has 0 radical (unpaired) electrons. The van der Waals surface area contributed by atoms with E-state index in [1.165, 1.54) is 11.3 Å². The van der Waals surface area contributed by atoms with E-state index in [1.54, 1.807) is 17.1 Å². The van der Waals surface area contributed by atoms with E-state index in [2.05, 4.69) is 51.5 Å². The normalized spacial score (nSPS) is 15.5. The molecule has 0 fully saturated rings. The maximum atomic E-state index is 12.8. The van der Waals surface area contributed by atoms with Crippen molar-refractivity contribution in [2.45, 2.75) is 32.7 Å². The molecule has 0 bridgehead atoms. The average Bonchev–Trinajstić information content (AvgIpc) is 3.29. The van der Waals surface area contributed by atoms with Gasteiger partial charge in [0.05, 0.1) is 17.5 Å². The van der Waals surface area contributed by atoms with Gasteiger partial charge in [0.15, 0.2) is 5.82 Å². The van der Waals surface area contributed by atoms with Crippen LogP contribution < -0.4 is 10.2 Å². The third-order valence-corrected chi connectivity index (χ3v) is 5.30. The molecule has 144 valence electrons. The number of pyridine rings is 1. The first-order valence-corrected chi connectivity index (χ1v) is 9.80. The number of hydrogen-bond acceptors (Lipinski definition) is 4. The number of hydrogen-bond donors (Lipinski definition) is 1. The van der Waals surface area contributed by atoms with Crippen molar-refractivity contribution in [2.75, 3.05) is 18.0 Å². The van der Waals surface area contributed by atoms with Gasteiger partial charge in [-0.3, -0.25) is 4.79 Å². The molecule has 0 aliphatic carbocycles. The maximum Gasteiger partial charge on any atom is 0.254 e. The van der Waals surface area contributed by atoms with Crippen LogP contribution in [0.1, 0.15) is 35.5 Å². The summed E-state index contributed by atoms with van der Waals surface area (Å²) in [4.78, 5) is 19.5. The van der Waals surface area contributed by atoms with Crippen molar-refractivity contribution in [1.29, 1.82) is 0 Å². The number of nitrogens with one attached hydrogen (secondary N) is 1. The predicted octanol–water partition coefficient (Wildman–Crippen LogP) is 3.01. The molecule has 1 N–H and O–H groups in total. The van der Waals surface area contributed by atoms with Gasteiger partial charge in [-0.2, -0.15) is 5.10 Å². The number of carbonyl (C=O) groups excluding carboxylic acids is 1. The van der Waals surface area contributed by atoms with E-state index in [1.807, 2.05) is 25.1 Å². The van der Waals surface area contributed by atoms with Gasteiger partial charge in [0.2, 0.25) is 0 Å². The van der Waals surface area contributed by atoms with Crippen LogP contribution in [0.3, 0.4) is 0 Å². The second-order valence-corrected chi connectivity index (χ2v) is 7.09. The smallest absolute Gasteiger partial charge is 0.254 e. The Balaban J connectivity index is 1.43. The number of rotatable bonds is 6. The van der Waals surface area contributed by atoms with Crippen LogP contribution in [0.4, 0.5) is 5.69 Å². The summed E-state index contributed by atoms with van der Waals surface area (Å²) in [5.74, 6) is 0.639. The van der Waals surface area contributed by atoms with Crippen LogP contribution >= 0.6 is 0 Å². The van der Waals surface area contributed by atoms with E-state index >= 15 is 0 Å². The summed E-state index contributed by atoms with van der Waals surface area (Å²) in [6, 6.07) is 14.6. The minimum Gasteiger partial charge on any atom is -0.367 e. The second kappa shape index (κ2) is 7.84. The van der Waals surface area contributed by atoms with Crippen LogP contribution in [0.2, 0.25) is 0 Å². The molecular formula is C22H25N5O. The monoisotopic (exact) mass is 375 g/mol. The van der Waals surface area contributed by atoms with Crippen LogP contribution in [-0.4, -0.2) is 39.8 Å². The quantitative estimate of drug-likeness (QED) is 0.719. The number of fused-ring (bicyclic) bond motifs is 1. The standard InChI is InChI=1S/C22H25N5O/c1-3-19-18(15-25-27(19)21-10-6-7-11-23-21)22(28)24-12-13-26-16(2)14-17-8-4-5-9-20(17)26/h4-11,15-16H,3,12-14H2,1-2H3,(H,24,28). The molecule has 0 spiro atoms. The summed E-state index contributed by atoms with van der Waals surface area (Å²) in [6.07, 6.45) is 5.12. The van der Waals surface area contributed by atoms with E-state index in [9.17, 15) is 4.79 Å². The van der Waals surface area contributed by atoms with E-state index in [4.69, 9.17) is 0 Å². The topological polar surface area (TPSA) is 63.1 Å². The van der Waals surface area contributed by atoms with E-state index in [0.29, 0.717) is 24.6 Å². The number of amides is 1. The van der Waals surface area contributed by atoms with Gasteiger partial charge in [-0.1, -0.05) is 31.2 Å². The Morgan fingerprint density at radius 1 is 1.21 bits per heavy atom. The molecule has 1 amide bonds. The lowest BCUT2D eigenvalue weighted by molar-refractivity contribution is 0.0953. The van der Waals surface area contributed by atoms with Crippen molar-refractivity contribution >= 4 is 11.6 Å². The number of nitrogens with zero attached hydrogens (tertiary/aromatic N) is 4. The first kappa shape index (κ1) is 18.2. The zero-order valence-electron chi connectivity index (χ0n) is 16.3. The lowest BCUT2D eigenvalue weighted by Crippen LogP contribution is -2.38. The number of para-hydroxylation sites is 1. The summed E-state index contributed by atoms with van der Waals surface area (Å²) in [6.45, 7) is 5.64. The van der Waals surface area contributed by atoms with Gasteiger partial charge in [0.1, 0.15) is 0 Å². The molecule has 0 saturated heterocycles. The largest absolute Gasteiger partial charge is 0.367 e. The molecule has 1 atom stereocenters. The second-order valence-electron chi connectivity index (χ2n) is 7.09. The Bertz CT molecular complexity index is 966. The SMILES string of the molecule is CCc1c(C(=O)NCCN2c3ccccc3CC2C)cnn1-c1ccccn1. The number of benzene rings is 1. The molecule has 3 heterocycles. The zero-order chi connectivity index (χ0) is 19.5. The van der Waals surface area contributed by atoms with Gasteiger partial charge >= 0.3 is 0 Å². The van der Waals surface area contributed by atoms with Crippen molar-refractivity contribution in [3.05, 3.63) is 71.7 Å². The Morgan fingerprint density at radius 2 is 2.04 bits per heavy atom. The first-order chi connectivity index (χ1) is 13.7. The molecular weight excluding hydrogens is 350 g/mol. The van der Waals surface area contributed by atoms with Crippen molar-refractivity contribution in [1.82, 2.24) is 20.1 Å². The molecule has 6 nitrogen and oxygen atoms in total. The highest BCUT2D eigenvalue weighted by molar-refractivity contribution is 5.95. The van der Waals surface area contributed by atoms with Crippen molar-refractivity contribution in [2.24, 2.45) is 0 Å². The Kier molecular flexibility index (Phi) is 5.10. The van der Waals surface area contributed by atoms with Gasteiger partial charge in [-0.05, 0) is 43.5 Å². The number of anilines is 1. The molecule has 2 aromatic heterocycles. The van der Waals surface area contributed by atoms with Crippen LogP contribution in [0.25, 0.3) is 5.82 Å².